The molecule has 5 nitrogen and oxygen atoms in total. The van der Waals surface area contributed by atoms with Gasteiger partial charge < -0.3 is 14.9 Å². The maximum atomic E-state index is 12.1. The Morgan fingerprint density at radius 2 is 1.62 bits per heavy atom. The van der Waals surface area contributed by atoms with Crippen LogP contribution >= 0.6 is 0 Å². The number of hydrogen-bond acceptors (Lipinski definition) is 5. The minimum atomic E-state index is -0.593. The Kier molecular flexibility index (Phi) is 4.67. The molecule has 0 spiro atoms. The summed E-state index contributed by atoms with van der Waals surface area (Å²) in [4.78, 5) is 12.1. The van der Waals surface area contributed by atoms with E-state index in [4.69, 9.17) is 20.2 Å². The van der Waals surface area contributed by atoms with E-state index < -0.39 is 5.97 Å². The van der Waals surface area contributed by atoms with E-state index in [0.717, 1.165) is 0 Å². The summed E-state index contributed by atoms with van der Waals surface area (Å²) >= 11 is 0. The van der Waals surface area contributed by atoms with Crippen LogP contribution < -0.4 is 4.74 Å². The summed E-state index contributed by atoms with van der Waals surface area (Å²) in [5.41, 5.74) is 1.76. The highest BCUT2D eigenvalue weighted by molar-refractivity contribution is 5.91. The van der Waals surface area contributed by atoms with Crippen molar-refractivity contribution in [1.82, 2.24) is 0 Å². The van der Waals surface area contributed by atoms with Crippen molar-refractivity contribution in [2.24, 2.45) is 0 Å². The maximum Gasteiger partial charge on any atom is 0.343 e. The van der Waals surface area contributed by atoms with Gasteiger partial charge in [0.05, 0.1) is 30.4 Å². The Morgan fingerprint density at radius 3 is 2.10 bits per heavy atom. The minimum Gasteiger partial charge on any atom is -0.423 e. The highest BCUT2D eigenvalue weighted by Crippen LogP contribution is 2.16. The van der Waals surface area contributed by atoms with E-state index >= 15 is 0 Å². The molecule has 2 aromatic carbocycles. The van der Waals surface area contributed by atoms with Gasteiger partial charge in [0.2, 0.25) is 0 Å². The van der Waals surface area contributed by atoms with Crippen molar-refractivity contribution in [3.05, 3.63) is 64.7 Å². The molecule has 2 N–H and O–H groups in total. The van der Waals surface area contributed by atoms with Crippen molar-refractivity contribution in [3.8, 4) is 11.8 Å². The van der Waals surface area contributed by atoms with E-state index in [2.05, 4.69) is 0 Å². The van der Waals surface area contributed by atoms with Crippen molar-refractivity contribution in [1.29, 1.82) is 5.26 Å². The molecule has 0 fully saturated rings. The predicted molar refractivity (Wildman–Crippen MR) is 74.4 cm³/mol. The molecule has 21 heavy (non-hydrogen) atoms. The summed E-state index contributed by atoms with van der Waals surface area (Å²) < 4.78 is 5.19. The molecule has 0 atom stereocenters. The van der Waals surface area contributed by atoms with Crippen molar-refractivity contribution >= 4 is 5.97 Å². The fraction of sp³-hybridized carbons (Fsp3) is 0.125. The largest absolute Gasteiger partial charge is 0.423 e. The fourth-order valence-electron chi connectivity index (χ4n) is 1.83. The summed E-state index contributed by atoms with van der Waals surface area (Å²) in [7, 11) is 0. The Bertz CT molecular complexity index is 664. The van der Waals surface area contributed by atoms with Gasteiger partial charge in [-0.05, 0) is 47.5 Å². The number of rotatable bonds is 4. The van der Waals surface area contributed by atoms with Crippen LogP contribution in [-0.2, 0) is 13.2 Å². The number of hydrogen-bond donors (Lipinski definition) is 2. The Morgan fingerprint density at radius 1 is 1.05 bits per heavy atom. The molecular formula is C16H13NO4. The molecule has 2 aromatic rings. The Balaban J connectivity index is 2.21. The van der Waals surface area contributed by atoms with Gasteiger partial charge in [0.15, 0.2) is 0 Å². The lowest BCUT2D eigenvalue weighted by Gasteiger charge is -2.07. The molecule has 0 saturated heterocycles. The fourth-order valence-corrected chi connectivity index (χ4v) is 1.83. The van der Waals surface area contributed by atoms with Crippen LogP contribution in [0.5, 0.6) is 5.75 Å². The molecular weight excluding hydrogens is 270 g/mol. The lowest BCUT2D eigenvalue weighted by Crippen LogP contribution is -2.10. The van der Waals surface area contributed by atoms with Crippen molar-refractivity contribution < 1.29 is 19.7 Å². The van der Waals surface area contributed by atoms with Gasteiger partial charge in [-0.1, -0.05) is 6.07 Å². The number of aliphatic hydroxyl groups excluding tert-OH is 2. The molecule has 0 aromatic heterocycles. The molecule has 2 rings (SSSR count). The number of nitriles is 1. The molecule has 0 bridgehead atoms. The molecule has 0 aliphatic heterocycles. The Hall–Kier alpha value is -2.68. The number of carbonyl (C=O) groups is 1. The maximum absolute atomic E-state index is 12.1. The zero-order valence-corrected chi connectivity index (χ0v) is 11.1. The SMILES string of the molecule is N#Cc1ccc(OC(=O)c2cc(CO)cc(CO)c2)cc1. The zero-order chi connectivity index (χ0) is 15.2. The van der Waals surface area contributed by atoms with Gasteiger partial charge in [-0.25, -0.2) is 4.79 Å². The van der Waals surface area contributed by atoms with E-state index in [1.165, 1.54) is 24.3 Å². The average Bonchev–Trinajstić information content (AvgIpc) is 2.54. The highest BCUT2D eigenvalue weighted by Gasteiger charge is 2.11. The summed E-state index contributed by atoms with van der Waals surface area (Å²) in [6, 6.07) is 12.7. The van der Waals surface area contributed by atoms with Crippen LogP contribution in [0.2, 0.25) is 0 Å². The van der Waals surface area contributed by atoms with Gasteiger partial charge >= 0.3 is 5.97 Å². The molecule has 0 aliphatic carbocycles. The van der Waals surface area contributed by atoms with Gasteiger partial charge in [-0.2, -0.15) is 5.26 Å². The molecule has 0 saturated carbocycles. The first-order valence-electron chi connectivity index (χ1n) is 6.23. The molecule has 5 heteroatoms. The number of esters is 1. The van der Waals surface area contributed by atoms with Gasteiger partial charge in [-0.3, -0.25) is 0 Å². The van der Waals surface area contributed by atoms with Crippen molar-refractivity contribution in [3.63, 3.8) is 0 Å². The van der Waals surface area contributed by atoms with E-state index in [-0.39, 0.29) is 18.8 Å². The first kappa shape index (κ1) is 14.7. The van der Waals surface area contributed by atoms with Gasteiger partial charge in [0, 0.05) is 0 Å². The molecule has 0 radical (unpaired) electrons. The predicted octanol–water partition coefficient (Wildman–Crippen LogP) is 1.76. The molecule has 0 amide bonds. The quantitative estimate of drug-likeness (QED) is 0.659. The second-order valence-electron chi connectivity index (χ2n) is 4.38. The van der Waals surface area contributed by atoms with E-state index in [0.29, 0.717) is 22.4 Å². The first-order valence-corrected chi connectivity index (χ1v) is 6.23. The van der Waals surface area contributed by atoms with Gasteiger partial charge in [-0.15, -0.1) is 0 Å². The third-order valence-electron chi connectivity index (χ3n) is 2.85. The van der Waals surface area contributed by atoms with Crippen molar-refractivity contribution in [2.45, 2.75) is 13.2 Å². The minimum absolute atomic E-state index is 0.231. The van der Waals surface area contributed by atoms with Crippen LogP contribution in [0.15, 0.2) is 42.5 Å². The molecule has 0 heterocycles. The topological polar surface area (TPSA) is 90.5 Å². The third kappa shape index (κ3) is 3.66. The zero-order valence-electron chi connectivity index (χ0n) is 11.1. The number of aliphatic hydroxyl groups is 2. The van der Waals surface area contributed by atoms with Crippen molar-refractivity contribution in [2.75, 3.05) is 0 Å². The number of ether oxygens (including phenoxy) is 1. The second kappa shape index (κ2) is 6.66. The van der Waals surface area contributed by atoms with Crippen LogP contribution in [-0.4, -0.2) is 16.2 Å². The van der Waals surface area contributed by atoms with Crippen LogP contribution in [0.25, 0.3) is 0 Å². The smallest absolute Gasteiger partial charge is 0.343 e. The monoisotopic (exact) mass is 283 g/mol. The van der Waals surface area contributed by atoms with Crippen LogP contribution in [0.4, 0.5) is 0 Å². The molecule has 0 unspecified atom stereocenters. The highest BCUT2D eigenvalue weighted by atomic mass is 16.5. The normalized spacial score (nSPS) is 9.95. The summed E-state index contributed by atoms with van der Waals surface area (Å²) in [6.45, 7) is -0.462. The van der Waals surface area contributed by atoms with Gasteiger partial charge in [0.1, 0.15) is 5.75 Å². The standard InChI is InChI=1S/C16H13NO4/c17-8-11-1-3-15(4-2-11)21-16(20)14-6-12(9-18)5-13(7-14)10-19/h1-7,18-19H,9-10H2. The first-order chi connectivity index (χ1) is 10.2. The average molecular weight is 283 g/mol. The Labute approximate surface area is 121 Å². The van der Waals surface area contributed by atoms with E-state index in [1.54, 1.807) is 18.2 Å². The lowest BCUT2D eigenvalue weighted by atomic mass is 10.1. The summed E-state index contributed by atoms with van der Waals surface area (Å²) in [6.07, 6.45) is 0. The van der Waals surface area contributed by atoms with Crippen LogP contribution in [0, 0.1) is 11.3 Å². The number of nitrogens with zero attached hydrogens (tertiary/aromatic N) is 1. The van der Waals surface area contributed by atoms with E-state index in [9.17, 15) is 4.79 Å². The molecule has 0 aliphatic rings. The van der Waals surface area contributed by atoms with Crippen LogP contribution in [0.3, 0.4) is 0 Å². The summed E-state index contributed by atoms with van der Waals surface area (Å²) in [5.74, 6) is -0.274. The summed E-state index contributed by atoms with van der Waals surface area (Å²) in [5, 5.41) is 27.0. The molecule has 106 valence electrons. The van der Waals surface area contributed by atoms with E-state index in [1.807, 2.05) is 6.07 Å². The van der Waals surface area contributed by atoms with Gasteiger partial charge in [0.25, 0.3) is 0 Å². The second-order valence-corrected chi connectivity index (χ2v) is 4.38. The number of carbonyl (C=O) groups excluding carboxylic acids is 1. The third-order valence-corrected chi connectivity index (χ3v) is 2.85. The number of benzene rings is 2. The van der Waals surface area contributed by atoms with Crippen LogP contribution in [0.1, 0.15) is 27.0 Å². The lowest BCUT2D eigenvalue weighted by molar-refractivity contribution is 0.0734.